The zero-order chi connectivity index (χ0) is 86.2. The Morgan fingerprint density at radius 3 is 1.93 bits per heavy atom. The van der Waals surface area contributed by atoms with Crippen LogP contribution in [0.5, 0.6) is 0 Å². The van der Waals surface area contributed by atoms with Gasteiger partial charge in [0.25, 0.3) is 17.7 Å². The van der Waals surface area contributed by atoms with Gasteiger partial charge < -0.3 is 77.2 Å². The number of carbonyl (C=O) groups is 13. The van der Waals surface area contributed by atoms with E-state index < -0.39 is 126 Å². The number of methoxy groups -OCH3 is 2. The molecule has 0 radical (unpaired) electrons. The van der Waals surface area contributed by atoms with Crippen molar-refractivity contribution in [1.82, 2.24) is 60.9 Å². The number of aromatic nitrogens is 2. The number of unbranched alkanes of at least 4 members (excludes halogenated alkanes) is 2. The van der Waals surface area contributed by atoms with E-state index in [9.17, 15) is 62.3 Å². The number of nitrogens with one attached hydrogen (secondary N) is 6. The minimum atomic E-state index is -1.26. The highest BCUT2D eigenvalue weighted by molar-refractivity contribution is 6.13. The van der Waals surface area contributed by atoms with E-state index in [2.05, 4.69) is 37.0 Å². The predicted octanol–water partition coefficient (Wildman–Crippen LogP) is 7.41. The van der Waals surface area contributed by atoms with Crippen molar-refractivity contribution >= 4 is 93.7 Å². The number of nitrogens with zero attached hydrogens (tertiary/aromatic N) is 7. The van der Waals surface area contributed by atoms with Crippen molar-refractivity contribution in [3.8, 4) is 5.69 Å². The second-order valence-corrected chi connectivity index (χ2v) is 32.3. The minimum Gasteiger partial charge on any atom is -0.445 e. The van der Waals surface area contributed by atoms with E-state index in [0.29, 0.717) is 86.1 Å². The fraction of sp³-hybridized carbons (Fsp3) is 0.540. The Kier molecular flexibility index (Phi) is 34.4. The van der Waals surface area contributed by atoms with Gasteiger partial charge in [0.15, 0.2) is 0 Å². The molecule has 0 spiro atoms. The second kappa shape index (κ2) is 43.9. The summed E-state index contributed by atoms with van der Waals surface area (Å²) >= 11 is 0. The van der Waals surface area contributed by atoms with Crippen LogP contribution in [-0.4, -0.2) is 227 Å². The average molecular weight is 1630 g/mol. The summed E-state index contributed by atoms with van der Waals surface area (Å²) in [6, 6.07) is 21.1. The van der Waals surface area contributed by atoms with Crippen LogP contribution in [0.1, 0.15) is 172 Å². The zero-order valence-electron chi connectivity index (χ0n) is 70.4. The van der Waals surface area contributed by atoms with E-state index in [-0.39, 0.29) is 93.2 Å². The van der Waals surface area contributed by atoms with Crippen molar-refractivity contribution in [2.24, 2.45) is 41.1 Å². The number of imide groups is 1. The molecule has 3 aliphatic rings. The van der Waals surface area contributed by atoms with Gasteiger partial charge in [0.1, 0.15) is 42.3 Å². The molecule has 0 aliphatic carbocycles. The van der Waals surface area contributed by atoms with Gasteiger partial charge in [-0.15, -0.1) is 0 Å². The van der Waals surface area contributed by atoms with Crippen LogP contribution in [0.25, 0.3) is 16.6 Å². The maximum Gasteiger partial charge on any atom is 0.410 e. The number of ether oxygens (including phenoxy) is 3. The lowest BCUT2D eigenvalue weighted by atomic mass is 9.89. The minimum absolute atomic E-state index is 0.000280. The zero-order valence-corrected chi connectivity index (χ0v) is 70.4. The average Bonchev–Trinajstić information content (AvgIpc) is 1.61. The van der Waals surface area contributed by atoms with Crippen LogP contribution in [-0.2, 0) is 75.2 Å². The summed E-state index contributed by atoms with van der Waals surface area (Å²) in [6.07, 6.45) is 7.11. The molecule has 1 aromatic heterocycles. The molecule has 4 heterocycles. The van der Waals surface area contributed by atoms with E-state index >= 15 is 0 Å². The molecular weight excluding hydrogens is 1510 g/mol. The molecule has 0 saturated carbocycles. The summed E-state index contributed by atoms with van der Waals surface area (Å²) in [7, 11) is 6.13. The molecule has 12 atom stereocenters. The first kappa shape index (κ1) is 92.4. The summed E-state index contributed by atoms with van der Waals surface area (Å²) in [4.78, 5) is 185. The quantitative estimate of drug-likeness (QED) is 0.0139. The summed E-state index contributed by atoms with van der Waals surface area (Å²) in [5, 5.41) is 22.4. The predicted molar refractivity (Wildman–Crippen MR) is 445 cm³/mol. The molecule has 4 aromatic carbocycles. The van der Waals surface area contributed by atoms with Crippen molar-refractivity contribution < 1.29 is 76.5 Å². The number of piperidine rings is 1. The Hall–Kier alpha value is -11.1. The molecule has 3 aliphatic heterocycles. The van der Waals surface area contributed by atoms with Gasteiger partial charge in [-0.25, -0.2) is 14.3 Å². The molecule has 2 fully saturated rings. The molecule has 8 rings (SSSR count). The lowest BCUT2D eigenvalue weighted by Gasteiger charge is -2.41. The molecule has 2 saturated heterocycles. The van der Waals surface area contributed by atoms with Crippen LogP contribution >= 0.6 is 0 Å². The Labute approximate surface area is 691 Å². The summed E-state index contributed by atoms with van der Waals surface area (Å²) in [5.74, 6) is -7.82. The van der Waals surface area contributed by atoms with E-state index in [1.54, 1.807) is 115 Å². The number of likely N-dealkylation sites (N-methyl/N-ethyl adjacent to an activating group) is 2. The van der Waals surface area contributed by atoms with E-state index in [0.717, 1.165) is 34.4 Å². The summed E-state index contributed by atoms with van der Waals surface area (Å²) < 4.78 is 19.8. The molecule has 10 N–H and O–H groups in total. The van der Waals surface area contributed by atoms with Crippen LogP contribution in [0, 0.1) is 29.6 Å². The number of rotatable bonds is 42. The third-order valence-corrected chi connectivity index (χ3v) is 22.8. The number of hydrogen-bond donors (Lipinski definition) is 8. The number of likely N-dealkylation sites (tertiary alicyclic amines) is 2. The fourth-order valence-corrected chi connectivity index (χ4v) is 15.9. The number of benzene rings is 4. The monoisotopic (exact) mass is 1630 g/mol. The topological polar surface area (TPSA) is 408 Å². The number of fused-ring (bicyclic) bond motifs is 1. The van der Waals surface area contributed by atoms with Crippen molar-refractivity contribution in [3.63, 3.8) is 0 Å². The molecule has 0 unspecified atom stereocenters. The SMILES string of the molecule is CC[C@H](C)[C@@H]([C@@H](CC(=O)N1CCC[C@H]1[C@H](OC)[C@@H](C)C(=O)N[C@@H](Cc1ccccc1)C(=O)N[C@H](C(=O)N[C@@H](CCCNC(N)=O)C(=O)Nc1ccc(COC(=O)N2CCC[C@@H](c3ccc(-n4cc5cccc(C(N)=O)c5n4)cc3)C2)cc1)C(C)C)OC)N(C)C(=O)[C@@H](NC(=O)[C@H](C(C)C)N(C)C(=O)CCCCCN1C(=O)C=CC1=O)C(C)C. The molecular formula is C87H121N15O16. The van der Waals surface area contributed by atoms with E-state index in [1.807, 2.05) is 84.1 Å². The van der Waals surface area contributed by atoms with Gasteiger partial charge in [0.2, 0.25) is 47.3 Å². The summed E-state index contributed by atoms with van der Waals surface area (Å²) in [6.45, 7) is 17.8. The third-order valence-electron chi connectivity index (χ3n) is 22.8. The third kappa shape index (κ3) is 24.8. The van der Waals surface area contributed by atoms with Crippen molar-refractivity contribution in [2.75, 3.05) is 66.4 Å². The highest BCUT2D eigenvalue weighted by Gasteiger charge is 2.45. The second-order valence-electron chi connectivity index (χ2n) is 32.3. The smallest absolute Gasteiger partial charge is 0.410 e. The summed E-state index contributed by atoms with van der Waals surface area (Å²) in [5.41, 5.74) is 15.4. The van der Waals surface area contributed by atoms with Gasteiger partial charge in [-0.05, 0) is 122 Å². The number of urea groups is 1. The van der Waals surface area contributed by atoms with Gasteiger partial charge in [-0.2, -0.15) is 5.10 Å². The first-order valence-electron chi connectivity index (χ1n) is 41.1. The standard InChI is InChI=1S/C87H121N15O16/c1-14-55(8)77(98(11)85(113)74(53(4)5)95-84(112)76(54(6)7)97(10)69(103)32-19-16-20-45-101-70(104)41-42-71(101)105)68(116-12)48-72(106)100-46-24-31-67(100)78(117-13)56(9)80(108)93-66(47-57-25-17-15-18-26-57)82(110)94-73(52(2)3)83(111)92-65(30-22-43-90-86(89)114)81(109)91-62-37-33-58(34-38-62)51-118-87(115)99-44-23-28-60(49-99)59-35-39-63(40-36-59)102-50-61-27-21-29-64(79(88)107)75(61)96-102/h15,17-18,21,25-27,29,33-42,50,52-56,60,65-68,73-74,76-78H,14,16,19-20,22-24,28,30-32,43-49,51H2,1-13H3,(H2,88,107)(H,91,109)(H,92,111)(H,93,108)(H,94,110)(H,95,112)(H3,89,90,114)/t55-,56+,60+,65-,66-,67-,68+,73-,74-,76-,77-,78+/m0/s1. The number of carbonyl (C=O) groups excluding carboxylic acids is 13. The van der Waals surface area contributed by atoms with Gasteiger partial charge in [0.05, 0.1) is 47.9 Å². The number of primary amides is 2. The van der Waals surface area contributed by atoms with E-state index in [1.165, 1.54) is 31.3 Å². The molecule has 5 aromatic rings. The van der Waals surface area contributed by atoms with Crippen LogP contribution in [0.15, 0.2) is 115 Å². The highest BCUT2D eigenvalue weighted by Crippen LogP contribution is 2.33. The highest BCUT2D eigenvalue weighted by atomic mass is 16.6. The molecule has 118 heavy (non-hydrogen) atoms. The van der Waals surface area contributed by atoms with Crippen LogP contribution in [0.2, 0.25) is 0 Å². The molecule has 14 amide bonds. The van der Waals surface area contributed by atoms with E-state index in [4.69, 9.17) is 25.7 Å². The molecule has 0 bridgehead atoms. The number of nitrogens with two attached hydrogens (primary N) is 2. The Balaban J connectivity index is 0.870. The van der Waals surface area contributed by atoms with Crippen molar-refractivity contribution in [3.05, 3.63) is 138 Å². The maximum atomic E-state index is 14.9. The maximum absolute atomic E-state index is 14.9. The largest absolute Gasteiger partial charge is 0.445 e. The lowest BCUT2D eigenvalue weighted by Crippen LogP contribution is -2.60. The van der Waals surface area contributed by atoms with Crippen LogP contribution < -0.4 is 43.4 Å². The van der Waals surface area contributed by atoms with Gasteiger partial charge in [-0.1, -0.05) is 142 Å². The first-order chi connectivity index (χ1) is 56.2. The van der Waals surface area contributed by atoms with Gasteiger partial charge in [0, 0.05) is 109 Å². The Bertz CT molecular complexity index is 4330. The van der Waals surface area contributed by atoms with Crippen LogP contribution in [0.3, 0.4) is 0 Å². The molecule has 640 valence electrons. The van der Waals surface area contributed by atoms with Gasteiger partial charge in [-0.3, -0.25) is 57.6 Å². The number of anilines is 1. The van der Waals surface area contributed by atoms with Crippen molar-refractivity contribution in [1.29, 1.82) is 0 Å². The number of hydrogen-bond acceptors (Lipinski definition) is 17. The first-order valence-corrected chi connectivity index (χ1v) is 41.1. The molecule has 31 heteroatoms. The normalized spacial score (nSPS) is 17.4. The Morgan fingerprint density at radius 1 is 0.644 bits per heavy atom. The Morgan fingerprint density at radius 2 is 1.31 bits per heavy atom. The molecule has 31 nitrogen and oxygen atoms in total. The van der Waals surface area contributed by atoms with Gasteiger partial charge >= 0.3 is 12.1 Å². The van der Waals surface area contributed by atoms with Crippen molar-refractivity contribution in [2.45, 2.75) is 213 Å². The fourth-order valence-electron chi connectivity index (χ4n) is 15.9. The van der Waals surface area contributed by atoms with Crippen LogP contribution in [0.4, 0.5) is 15.3 Å². The number of amides is 14. The lowest BCUT2D eigenvalue weighted by molar-refractivity contribution is -0.148.